The van der Waals surface area contributed by atoms with Gasteiger partial charge in [-0.2, -0.15) is 5.10 Å². The molecule has 1 amide bonds. The molecule has 2 aromatic rings. The van der Waals surface area contributed by atoms with E-state index in [2.05, 4.69) is 17.1 Å². The summed E-state index contributed by atoms with van der Waals surface area (Å²) in [6.07, 6.45) is 4.67. The van der Waals surface area contributed by atoms with Gasteiger partial charge >= 0.3 is 0 Å². The van der Waals surface area contributed by atoms with E-state index in [0.29, 0.717) is 11.7 Å². The van der Waals surface area contributed by atoms with Crippen LogP contribution in [0.4, 0.5) is 0 Å². The van der Waals surface area contributed by atoms with Gasteiger partial charge in [0.15, 0.2) is 5.17 Å². The van der Waals surface area contributed by atoms with Crippen LogP contribution in [0.2, 0.25) is 0 Å². The summed E-state index contributed by atoms with van der Waals surface area (Å²) in [6.45, 7) is 2.66. The van der Waals surface area contributed by atoms with E-state index in [0.717, 1.165) is 36.1 Å². The molecule has 1 unspecified atom stereocenters. The molecule has 0 aliphatic carbocycles. The lowest BCUT2D eigenvalue weighted by atomic mass is 10.1. The number of rotatable bonds is 8. The Morgan fingerprint density at radius 3 is 2.57 bits per heavy atom. The number of carbonyl (C=O) groups excluding carboxylic acids is 1. The van der Waals surface area contributed by atoms with E-state index in [1.54, 1.807) is 18.2 Å². The van der Waals surface area contributed by atoms with Crippen LogP contribution >= 0.6 is 11.8 Å². The van der Waals surface area contributed by atoms with E-state index >= 15 is 0 Å². The first-order valence-corrected chi connectivity index (χ1v) is 10.4. The Labute approximate surface area is 170 Å². The first-order chi connectivity index (χ1) is 13.7. The third-order valence-electron chi connectivity index (χ3n) is 4.49. The molecule has 1 aliphatic rings. The van der Waals surface area contributed by atoms with Crippen molar-refractivity contribution in [1.82, 2.24) is 4.90 Å². The molecule has 0 saturated carbocycles. The normalized spacial score (nSPS) is 18.4. The number of hydrogen-bond acceptors (Lipinski definition) is 5. The quantitative estimate of drug-likeness (QED) is 0.480. The van der Waals surface area contributed by atoms with E-state index in [4.69, 9.17) is 4.74 Å². The number of nitrogens with zero attached hydrogens (tertiary/aromatic N) is 3. The second kappa shape index (κ2) is 10.1. The Morgan fingerprint density at radius 1 is 1.14 bits per heavy atom. The highest BCUT2D eigenvalue weighted by atomic mass is 32.2. The van der Waals surface area contributed by atoms with Crippen molar-refractivity contribution < 1.29 is 9.53 Å². The molecule has 0 spiro atoms. The average Bonchev–Trinajstić information content (AvgIpc) is 3.02. The third kappa shape index (κ3) is 5.23. The van der Waals surface area contributed by atoms with E-state index < -0.39 is 0 Å². The Hall–Kier alpha value is -2.60. The van der Waals surface area contributed by atoms with Gasteiger partial charge < -0.3 is 4.74 Å². The minimum atomic E-state index is -0.0707. The van der Waals surface area contributed by atoms with Crippen LogP contribution in [0.15, 0.2) is 64.8 Å². The van der Waals surface area contributed by atoms with Crippen LogP contribution in [0.5, 0.6) is 5.75 Å². The molecule has 0 radical (unpaired) electrons. The van der Waals surface area contributed by atoms with Gasteiger partial charge in [0.05, 0.1) is 25.1 Å². The molecule has 1 saturated heterocycles. The largest absolute Gasteiger partial charge is 0.497 e. The van der Waals surface area contributed by atoms with Gasteiger partial charge in [0.25, 0.3) is 0 Å². The Balaban J connectivity index is 1.76. The Kier molecular flexibility index (Phi) is 7.25. The van der Waals surface area contributed by atoms with Gasteiger partial charge in [-0.15, -0.1) is 5.10 Å². The van der Waals surface area contributed by atoms with Gasteiger partial charge in [-0.1, -0.05) is 61.9 Å². The number of unbranched alkanes of at least 4 members (excludes halogenated alkanes) is 1. The van der Waals surface area contributed by atoms with Gasteiger partial charge in [-0.05, 0) is 41.8 Å². The fraction of sp³-hybridized carbons (Fsp3) is 0.318. The number of amides is 1. The van der Waals surface area contributed by atoms with Crippen LogP contribution in [0.3, 0.4) is 0 Å². The lowest BCUT2D eigenvalue weighted by Gasteiger charge is -2.15. The van der Waals surface area contributed by atoms with Crippen molar-refractivity contribution in [2.45, 2.75) is 38.0 Å². The maximum atomic E-state index is 12.9. The predicted molar refractivity (Wildman–Crippen MR) is 116 cm³/mol. The van der Waals surface area contributed by atoms with E-state index in [9.17, 15) is 4.79 Å². The number of benzene rings is 2. The van der Waals surface area contributed by atoms with Crippen molar-refractivity contribution in [1.29, 1.82) is 0 Å². The molecule has 0 bridgehead atoms. The van der Waals surface area contributed by atoms with Crippen LogP contribution < -0.4 is 4.74 Å². The summed E-state index contributed by atoms with van der Waals surface area (Å²) >= 11 is 1.52. The van der Waals surface area contributed by atoms with Gasteiger partial charge in [0.2, 0.25) is 5.91 Å². The molecule has 0 aromatic heterocycles. The standard InChI is InChI=1S/C22H25N3O2S/c1-3-4-10-20-21(26)25(16-18-8-6-5-7-9-18)22(28-20)24-23-15-17-11-13-19(27-2)14-12-17/h5-9,11-15,20H,3-4,10,16H2,1-2H3/b23-15+,24-22+. The number of hydrogen-bond donors (Lipinski definition) is 0. The number of carbonyl (C=O) groups is 1. The molecule has 2 aromatic carbocycles. The van der Waals surface area contributed by atoms with Crippen molar-refractivity contribution >= 4 is 29.1 Å². The summed E-state index contributed by atoms with van der Waals surface area (Å²) in [5.74, 6) is 0.925. The molecule has 1 atom stereocenters. The minimum Gasteiger partial charge on any atom is -0.497 e. The van der Waals surface area contributed by atoms with Crippen molar-refractivity contribution in [3.8, 4) is 5.75 Å². The highest BCUT2D eigenvalue weighted by molar-refractivity contribution is 8.15. The van der Waals surface area contributed by atoms with Crippen LogP contribution in [0, 0.1) is 0 Å². The molecular formula is C22H25N3O2S. The second-order valence-corrected chi connectivity index (χ2v) is 7.73. The molecule has 6 heteroatoms. The Bertz CT molecular complexity index is 835. The molecular weight excluding hydrogens is 370 g/mol. The summed E-state index contributed by atoms with van der Waals surface area (Å²) in [4.78, 5) is 14.6. The number of amidine groups is 1. The SMILES string of the molecule is CCCCC1S/C(=N/N=C/c2ccc(OC)cc2)N(Cc2ccccc2)C1=O. The van der Waals surface area contributed by atoms with Gasteiger partial charge in [0, 0.05) is 0 Å². The van der Waals surface area contributed by atoms with Gasteiger partial charge in [0.1, 0.15) is 5.75 Å². The fourth-order valence-corrected chi connectivity index (χ4v) is 4.05. The van der Waals surface area contributed by atoms with Crippen molar-refractivity contribution in [3.63, 3.8) is 0 Å². The molecule has 1 heterocycles. The summed E-state index contributed by atoms with van der Waals surface area (Å²) in [7, 11) is 1.64. The highest BCUT2D eigenvalue weighted by Crippen LogP contribution is 2.32. The van der Waals surface area contributed by atoms with Crippen LogP contribution in [0.25, 0.3) is 0 Å². The van der Waals surface area contributed by atoms with Gasteiger partial charge in [-0.25, -0.2) is 0 Å². The highest BCUT2D eigenvalue weighted by Gasteiger charge is 2.37. The summed E-state index contributed by atoms with van der Waals surface area (Å²) < 4.78 is 5.16. The lowest BCUT2D eigenvalue weighted by molar-refractivity contribution is -0.126. The molecule has 28 heavy (non-hydrogen) atoms. The smallest absolute Gasteiger partial charge is 0.242 e. The third-order valence-corrected chi connectivity index (χ3v) is 5.72. The molecule has 146 valence electrons. The van der Waals surface area contributed by atoms with E-state index in [-0.39, 0.29) is 11.2 Å². The lowest BCUT2D eigenvalue weighted by Crippen LogP contribution is -2.31. The van der Waals surface area contributed by atoms with E-state index in [1.807, 2.05) is 54.6 Å². The predicted octanol–water partition coefficient (Wildman–Crippen LogP) is 4.72. The second-order valence-electron chi connectivity index (χ2n) is 6.56. The molecule has 1 aliphatic heterocycles. The summed E-state index contributed by atoms with van der Waals surface area (Å²) in [5.41, 5.74) is 2.01. The average molecular weight is 396 g/mol. The zero-order valence-corrected chi connectivity index (χ0v) is 17.1. The number of methoxy groups -OCH3 is 1. The first-order valence-electron chi connectivity index (χ1n) is 9.48. The van der Waals surface area contributed by atoms with E-state index in [1.165, 1.54) is 11.8 Å². The zero-order valence-electron chi connectivity index (χ0n) is 16.2. The van der Waals surface area contributed by atoms with Crippen LogP contribution in [-0.4, -0.2) is 34.5 Å². The molecule has 0 N–H and O–H groups in total. The first kappa shape index (κ1) is 20.1. The van der Waals surface area contributed by atoms with Crippen molar-refractivity contribution in [3.05, 3.63) is 65.7 Å². The Morgan fingerprint density at radius 2 is 1.89 bits per heavy atom. The maximum Gasteiger partial charge on any atom is 0.242 e. The summed E-state index contributed by atoms with van der Waals surface area (Å²) in [5, 5.41) is 9.19. The molecule has 5 nitrogen and oxygen atoms in total. The number of ether oxygens (including phenoxy) is 1. The van der Waals surface area contributed by atoms with Crippen LogP contribution in [-0.2, 0) is 11.3 Å². The van der Waals surface area contributed by atoms with Crippen LogP contribution in [0.1, 0.15) is 37.3 Å². The molecule has 1 fully saturated rings. The fourth-order valence-electron chi connectivity index (χ4n) is 2.91. The van der Waals surface area contributed by atoms with Gasteiger partial charge in [-0.3, -0.25) is 9.69 Å². The monoisotopic (exact) mass is 395 g/mol. The summed E-state index contributed by atoms with van der Waals surface area (Å²) in [6, 6.07) is 17.6. The number of thioether (sulfide) groups is 1. The van der Waals surface area contributed by atoms with Crippen molar-refractivity contribution in [2.75, 3.05) is 7.11 Å². The topological polar surface area (TPSA) is 54.3 Å². The molecule has 3 rings (SSSR count). The maximum absolute atomic E-state index is 12.9. The zero-order chi connectivity index (χ0) is 19.8. The minimum absolute atomic E-state index is 0.0707. The van der Waals surface area contributed by atoms with Crippen molar-refractivity contribution in [2.24, 2.45) is 10.2 Å².